The van der Waals surface area contributed by atoms with E-state index < -0.39 is 23.7 Å². The summed E-state index contributed by atoms with van der Waals surface area (Å²) in [6.07, 6.45) is 1.30. The number of hydrogen-bond acceptors (Lipinski definition) is 6. The first-order chi connectivity index (χ1) is 12.0. The van der Waals surface area contributed by atoms with Crippen molar-refractivity contribution in [2.24, 2.45) is 0 Å². The highest BCUT2D eigenvalue weighted by Gasteiger charge is 2.16. The van der Waals surface area contributed by atoms with Crippen LogP contribution in [0, 0.1) is 0 Å². The third-order valence-electron chi connectivity index (χ3n) is 2.89. The van der Waals surface area contributed by atoms with E-state index in [2.05, 4.69) is 5.32 Å². The van der Waals surface area contributed by atoms with Crippen LogP contribution in [0.4, 0.5) is 5.69 Å². The van der Waals surface area contributed by atoms with E-state index in [1.54, 1.807) is 6.92 Å². The van der Waals surface area contributed by atoms with Crippen LogP contribution >= 0.6 is 0 Å². The number of carbonyl (C=O) groups excluding carboxylic acids is 4. The Bertz CT molecular complexity index is 768. The Morgan fingerprint density at radius 3 is 2.32 bits per heavy atom. The topological polar surface area (TPSA) is 127 Å². The van der Waals surface area contributed by atoms with Crippen molar-refractivity contribution in [1.82, 2.24) is 10.9 Å². The summed E-state index contributed by atoms with van der Waals surface area (Å²) >= 11 is 0. The zero-order valence-electron chi connectivity index (χ0n) is 13.2. The van der Waals surface area contributed by atoms with Gasteiger partial charge in [0, 0.05) is 5.69 Å². The molecule has 3 N–H and O–H groups in total. The van der Waals surface area contributed by atoms with E-state index in [1.807, 2.05) is 10.9 Å². The Morgan fingerprint density at radius 1 is 1.00 bits per heavy atom. The molecule has 25 heavy (non-hydrogen) atoms. The number of rotatable bonds is 4. The molecular formula is C16H15N3O6. The summed E-state index contributed by atoms with van der Waals surface area (Å²) in [5.74, 6) is -3.28. The van der Waals surface area contributed by atoms with Crippen LogP contribution in [0.3, 0.4) is 0 Å². The monoisotopic (exact) mass is 345 g/mol. The number of nitrogens with one attached hydrogen (secondary N) is 3. The van der Waals surface area contributed by atoms with Crippen LogP contribution in [0.25, 0.3) is 0 Å². The van der Waals surface area contributed by atoms with Crippen molar-refractivity contribution in [1.29, 1.82) is 0 Å². The van der Waals surface area contributed by atoms with Crippen molar-refractivity contribution >= 4 is 29.4 Å². The lowest BCUT2D eigenvalue weighted by Crippen LogP contribution is -2.46. The minimum Gasteiger partial charge on any atom is -0.462 e. The second kappa shape index (κ2) is 8.29. The summed E-state index contributed by atoms with van der Waals surface area (Å²) in [5.41, 5.74) is 4.60. The van der Waals surface area contributed by atoms with E-state index in [0.29, 0.717) is 11.3 Å². The zero-order chi connectivity index (χ0) is 18.2. The van der Waals surface area contributed by atoms with Crippen molar-refractivity contribution in [3.63, 3.8) is 0 Å². The molecule has 0 aliphatic heterocycles. The van der Waals surface area contributed by atoms with Crippen LogP contribution in [0.1, 0.15) is 27.8 Å². The second-order valence-corrected chi connectivity index (χ2v) is 4.64. The molecule has 2 rings (SSSR count). The minimum atomic E-state index is -1.07. The van der Waals surface area contributed by atoms with Crippen LogP contribution in [-0.2, 0) is 14.3 Å². The highest BCUT2D eigenvalue weighted by molar-refractivity contribution is 6.39. The number of esters is 1. The normalized spacial score (nSPS) is 9.80. The van der Waals surface area contributed by atoms with E-state index >= 15 is 0 Å². The third-order valence-corrected chi connectivity index (χ3v) is 2.89. The second-order valence-electron chi connectivity index (χ2n) is 4.64. The molecule has 0 bridgehead atoms. The quantitative estimate of drug-likeness (QED) is 0.428. The Hall–Kier alpha value is -3.62. The predicted molar refractivity (Wildman–Crippen MR) is 85.3 cm³/mol. The molecule has 0 saturated carbocycles. The molecule has 0 saturated heterocycles. The summed E-state index contributed by atoms with van der Waals surface area (Å²) in [5, 5.41) is 2.32. The first-order valence-electron chi connectivity index (χ1n) is 7.23. The van der Waals surface area contributed by atoms with Crippen LogP contribution < -0.4 is 16.2 Å². The summed E-state index contributed by atoms with van der Waals surface area (Å²) in [6.45, 7) is 1.94. The molecule has 0 aliphatic carbocycles. The van der Waals surface area contributed by atoms with Gasteiger partial charge in [-0.25, -0.2) is 4.79 Å². The Balaban J connectivity index is 1.85. The molecule has 2 aromatic rings. The molecule has 0 atom stereocenters. The van der Waals surface area contributed by atoms with Crippen LogP contribution in [0.2, 0.25) is 0 Å². The van der Waals surface area contributed by atoms with Crippen molar-refractivity contribution in [2.75, 3.05) is 11.9 Å². The molecule has 0 fully saturated rings. The molecule has 3 amide bonds. The summed E-state index contributed by atoms with van der Waals surface area (Å²) in [4.78, 5) is 46.4. The Labute approximate surface area is 142 Å². The summed E-state index contributed by atoms with van der Waals surface area (Å²) < 4.78 is 9.66. The molecule has 9 nitrogen and oxygen atoms in total. The largest absolute Gasteiger partial charge is 0.462 e. The van der Waals surface area contributed by atoms with Crippen molar-refractivity contribution < 1.29 is 28.3 Å². The average Bonchev–Trinajstić information content (AvgIpc) is 3.15. The first kappa shape index (κ1) is 17.7. The predicted octanol–water partition coefficient (Wildman–Crippen LogP) is 0.856. The van der Waals surface area contributed by atoms with E-state index in [-0.39, 0.29) is 12.4 Å². The fourth-order valence-corrected chi connectivity index (χ4v) is 1.73. The van der Waals surface area contributed by atoms with E-state index in [0.717, 1.165) is 0 Å². The molecule has 1 aromatic heterocycles. The third kappa shape index (κ3) is 4.93. The van der Waals surface area contributed by atoms with Gasteiger partial charge in [0.05, 0.1) is 18.4 Å². The van der Waals surface area contributed by atoms with Gasteiger partial charge < -0.3 is 14.5 Å². The highest BCUT2D eigenvalue weighted by atomic mass is 16.5. The maximum atomic E-state index is 11.7. The van der Waals surface area contributed by atoms with Crippen molar-refractivity contribution in [3.05, 3.63) is 54.0 Å². The molecule has 1 aromatic carbocycles. The van der Waals surface area contributed by atoms with Gasteiger partial charge in [-0.2, -0.15) is 0 Å². The van der Waals surface area contributed by atoms with Gasteiger partial charge in [-0.05, 0) is 43.3 Å². The number of furan rings is 1. The maximum absolute atomic E-state index is 11.7. The van der Waals surface area contributed by atoms with Crippen LogP contribution in [0.15, 0.2) is 47.1 Å². The maximum Gasteiger partial charge on any atom is 0.338 e. The molecule has 0 unspecified atom stereocenters. The fraction of sp³-hybridized carbons (Fsp3) is 0.125. The number of ether oxygens (including phenoxy) is 1. The van der Waals surface area contributed by atoms with Crippen LogP contribution in [-0.4, -0.2) is 30.3 Å². The van der Waals surface area contributed by atoms with Crippen LogP contribution in [0.5, 0.6) is 0 Å². The highest BCUT2D eigenvalue weighted by Crippen LogP contribution is 2.10. The van der Waals surface area contributed by atoms with E-state index in [9.17, 15) is 19.2 Å². The van der Waals surface area contributed by atoms with Gasteiger partial charge in [0.25, 0.3) is 0 Å². The van der Waals surface area contributed by atoms with Crippen molar-refractivity contribution in [3.8, 4) is 0 Å². The first-order valence-corrected chi connectivity index (χ1v) is 7.23. The van der Waals surface area contributed by atoms with E-state index in [4.69, 9.17) is 9.15 Å². The van der Waals surface area contributed by atoms with Gasteiger partial charge in [0.15, 0.2) is 5.76 Å². The molecule has 0 aliphatic rings. The van der Waals surface area contributed by atoms with Crippen molar-refractivity contribution in [2.45, 2.75) is 6.92 Å². The summed E-state index contributed by atoms with van der Waals surface area (Å²) in [6, 6.07) is 8.68. The molecule has 1 heterocycles. The lowest BCUT2D eigenvalue weighted by atomic mass is 10.2. The molecular weight excluding hydrogens is 330 g/mol. The van der Waals surface area contributed by atoms with Gasteiger partial charge in [-0.1, -0.05) is 0 Å². The van der Waals surface area contributed by atoms with Gasteiger partial charge in [0.2, 0.25) is 0 Å². The molecule has 130 valence electrons. The van der Waals surface area contributed by atoms with E-state index in [1.165, 1.54) is 42.7 Å². The summed E-state index contributed by atoms with van der Waals surface area (Å²) in [7, 11) is 0. The smallest absolute Gasteiger partial charge is 0.338 e. The zero-order valence-corrected chi connectivity index (χ0v) is 13.2. The minimum absolute atomic E-state index is 0.0183. The number of carbonyl (C=O) groups is 4. The standard InChI is InChI=1S/C16H15N3O6/c1-2-24-16(23)10-5-7-11(8-6-10)17-14(21)15(22)19-18-13(20)12-4-3-9-25-12/h3-9H,2H2,1H3,(H,17,21)(H,18,20)(H,19,22). The lowest BCUT2D eigenvalue weighted by molar-refractivity contribution is -0.136. The molecule has 0 spiro atoms. The lowest BCUT2D eigenvalue weighted by Gasteiger charge is -2.07. The number of anilines is 1. The van der Waals surface area contributed by atoms with Gasteiger partial charge in [-0.15, -0.1) is 0 Å². The molecule has 0 radical (unpaired) electrons. The average molecular weight is 345 g/mol. The number of hydrogen-bond donors (Lipinski definition) is 3. The number of hydrazine groups is 1. The Morgan fingerprint density at radius 2 is 1.72 bits per heavy atom. The number of amides is 3. The number of benzene rings is 1. The molecule has 9 heteroatoms. The SMILES string of the molecule is CCOC(=O)c1ccc(NC(=O)C(=O)NNC(=O)c2ccco2)cc1. The van der Waals surface area contributed by atoms with Gasteiger partial charge in [-0.3, -0.25) is 25.2 Å². The fourth-order valence-electron chi connectivity index (χ4n) is 1.73. The van der Waals surface area contributed by atoms with Gasteiger partial charge >= 0.3 is 23.7 Å². The van der Waals surface area contributed by atoms with Gasteiger partial charge in [0.1, 0.15) is 0 Å². The Kier molecular flexibility index (Phi) is 5.88.